The molecule has 9 heteroatoms. The van der Waals surface area contributed by atoms with Crippen molar-refractivity contribution >= 4 is 40.3 Å². The van der Waals surface area contributed by atoms with Crippen molar-refractivity contribution in [2.45, 2.75) is 45.1 Å². The first-order chi connectivity index (χ1) is 10.5. The van der Waals surface area contributed by atoms with Crippen molar-refractivity contribution in [1.29, 1.82) is 0 Å². The molecule has 1 saturated heterocycles. The number of carbonyl (C=O) groups is 1. The Morgan fingerprint density at radius 3 is 2.95 bits per heavy atom. The zero-order valence-electron chi connectivity index (χ0n) is 12.0. The average molecular weight is 345 g/mol. The number of halogens is 2. The minimum absolute atomic E-state index is 0.0424. The van der Waals surface area contributed by atoms with Crippen LogP contribution in [0.5, 0.6) is 0 Å². The second kappa shape index (κ2) is 5.98. The van der Waals surface area contributed by atoms with E-state index in [0.717, 1.165) is 6.42 Å². The molecule has 1 fully saturated rings. The standard InChI is InChI=1S/C13H14Cl2N4O3/c1-3-7-8(21-6(2)20)4-9(22-7)19-5-16-10-11(14)17-13(15)18-12(10)19/h5,7-9H,3-4H2,1-2H3/t7-,8?,9-/m1/s1. The fourth-order valence-corrected chi connectivity index (χ4v) is 3.06. The van der Waals surface area contributed by atoms with E-state index in [0.29, 0.717) is 17.6 Å². The molecule has 0 spiro atoms. The van der Waals surface area contributed by atoms with Gasteiger partial charge in [-0.15, -0.1) is 0 Å². The van der Waals surface area contributed by atoms with Gasteiger partial charge in [-0.1, -0.05) is 18.5 Å². The number of hydrogen-bond donors (Lipinski definition) is 0. The van der Waals surface area contributed by atoms with Gasteiger partial charge in [-0.05, 0) is 18.0 Å². The van der Waals surface area contributed by atoms with E-state index in [4.69, 9.17) is 32.7 Å². The molecule has 0 amide bonds. The second-order valence-electron chi connectivity index (χ2n) is 5.03. The van der Waals surface area contributed by atoms with Crippen molar-refractivity contribution in [3.8, 4) is 0 Å². The van der Waals surface area contributed by atoms with Crippen LogP contribution in [0.2, 0.25) is 10.4 Å². The number of rotatable bonds is 3. The molecule has 3 atom stereocenters. The van der Waals surface area contributed by atoms with Crippen molar-refractivity contribution in [2.24, 2.45) is 0 Å². The first kappa shape index (κ1) is 15.5. The summed E-state index contributed by atoms with van der Waals surface area (Å²) >= 11 is 11.9. The molecule has 0 aromatic carbocycles. The number of hydrogen-bond acceptors (Lipinski definition) is 6. The largest absolute Gasteiger partial charge is 0.460 e. The fraction of sp³-hybridized carbons (Fsp3) is 0.538. The van der Waals surface area contributed by atoms with Crippen LogP contribution in [0, 0.1) is 0 Å². The number of esters is 1. The lowest BCUT2D eigenvalue weighted by atomic mass is 10.1. The van der Waals surface area contributed by atoms with E-state index in [-0.39, 0.29) is 34.8 Å². The van der Waals surface area contributed by atoms with Gasteiger partial charge in [0.15, 0.2) is 10.8 Å². The maximum Gasteiger partial charge on any atom is 0.302 e. The summed E-state index contributed by atoms with van der Waals surface area (Å²) in [5, 5.41) is 0.233. The normalized spacial score (nSPS) is 24.8. The summed E-state index contributed by atoms with van der Waals surface area (Å²) in [6.45, 7) is 3.37. The molecule has 22 heavy (non-hydrogen) atoms. The van der Waals surface area contributed by atoms with Crippen molar-refractivity contribution < 1.29 is 14.3 Å². The smallest absolute Gasteiger partial charge is 0.302 e. The van der Waals surface area contributed by atoms with Gasteiger partial charge >= 0.3 is 5.97 Å². The highest BCUT2D eigenvalue weighted by Crippen LogP contribution is 2.34. The second-order valence-corrected chi connectivity index (χ2v) is 5.72. The van der Waals surface area contributed by atoms with Gasteiger partial charge in [-0.2, -0.15) is 4.98 Å². The van der Waals surface area contributed by atoms with Crippen LogP contribution in [0.15, 0.2) is 6.33 Å². The van der Waals surface area contributed by atoms with E-state index in [1.165, 1.54) is 6.92 Å². The Bertz CT molecular complexity index is 721. The molecule has 2 aromatic heterocycles. The summed E-state index contributed by atoms with van der Waals surface area (Å²) in [4.78, 5) is 23.4. The van der Waals surface area contributed by atoms with Crippen LogP contribution in [-0.2, 0) is 14.3 Å². The van der Waals surface area contributed by atoms with E-state index >= 15 is 0 Å². The summed E-state index contributed by atoms with van der Waals surface area (Å²) in [6, 6.07) is 0. The average Bonchev–Trinajstić information content (AvgIpc) is 3.01. The molecule has 0 aliphatic carbocycles. The Hall–Kier alpha value is -1.44. The molecule has 7 nitrogen and oxygen atoms in total. The molecule has 0 saturated carbocycles. The van der Waals surface area contributed by atoms with Gasteiger partial charge in [0.25, 0.3) is 0 Å². The van der Waals surface area contributed by atoms with E-state index in [2.05, 4.69) is 15.0 Å². The summed E-state index contributed by atoms with van der Waals surface area (Å²) in [5.41, 5.74) is 0.951. The molecule has 1 unspecified atom stereocenters. The molecule has 2 aromatic rings. The van der Waals surface area contributed by atoms with Gasteiger partial charge in [0, 0.05) is 13.3 Å². The molecular formula is C13H14Cl2N4O3. The molecule has 3 heterocycles. The maximum atomic E-state index is 11.2. The minimum Gasteiger partial charge on any atom is -0.460 e. The summed E-state index contributed by atoms with van der Waals surface area (Å²) in [7, 11) is 0. The predicted octanol–water partition coefficient (Wildman–Crippen LogP) is 2.76. The molecule has 1 aliphatic rings. The minimum atomic E-state index is -0.346. The maximum absolute atomic E-state index is 11.2. The van der Waals surface area contributed by atoms with E-state index in [1.54, 1.807) is 10.9 Å². The number of carbonyl (C=O) groups excluding carboxylic acids is 1. The number of imidazole rings is 1. The van der Waals surface area contributed by atoms with Gasteiger partial charge in [0.2, 0.25) is 5.28 Å². The SMILES string of the molecule is CC[C@H]1O[C@@H](n2cnc3c(Cl)nc(Cl)nc32)CC1OC(C)=O. The Morgan fingerprint density at radius 1 is 1.50 bits per heavy atom. The third kappa shape index (κ3) is 2.76. The first-order valence-electron chi connectivity index (χ1n) is 6.87. The van der Waals surface area contributed by atoms with Gasteiger partial charge < -0.3 is 9.47 Å². The molecule has 3 rings (SSSR count). The Labute approximate surface area is 136 Å². The monoisotopic (exact) mass is 344 g/mol. The van der Waals surface area contributed by atoms with Crippen LogP contribution in [0.4, 0.5) is 0 Å². The lowest BCUT2D eigenvalue weighted by Crippen LogP contribution is -2.25. The summed E-state index contributed by atoms with van der Waals surface area (Å²) in [5.74, 6) is -0.323. The molecule has 0 bridgehead atoms. The third-order valence-electron chi connectivity index (χ3n) is 3.56. The number of fused-ring (bicyclic) bond motifs is 1. The highest BCUT2D eigenvalue weighted by Gasteiger charge is 2.38. The van der Waals surface area contributed by atoms with Crippen LogP contribution in [0.3, 0.4) is 0 Å². The van der Waals surface area contributed by atoms with Crippen LogP contribution in [-0.4, -0.2) is 37.7 Å². The summed E-state index contributed by atoms with van der Waals surface area (Å²) < 4.78 is 13.0. The van der Waals surface area contributed by atoms with E-state index < -0.39 is 0 Å². The topological polar surface area (TPSA) is 79.1 Å². The predicted molar refractivity (Wildman–Crippen MR) is 79.7 cm³/mol. The fourth-order valence-electron chi connectivity index (χ4n) is 2.64. The molecule has 118 valence electrons. The first-order valence-corrected chi connectivity index (χ1v) is 7.63. The highest BCUT2D eigenvalue weighted by molar-refractivity contribution is 6.35. The molecule has 1 aliphatic heterocycles. The quantitative estimate of drug-likeness (QED) is 0.484. The van der Waals surface area contributed by atoms with Crippen LogP contribution >= 0.6 is 23.2 Å². The highest BCUT2D eigenvalue weighted by atomic mass is 35.5. The summed E-state index contributed by atoms with van der Waals surface area (Å²) in [6.07, 6.45) is 2.02. The lowest BCUT2D eigenvalue weighted by molar-refractivity contribution is -0.149. The van der Waals surface area contributed by atoms with Crippen LogP contribution < -0.4 is 0 Å². The Morgan fingerprint density at radius 2 is 2.27 bits per heavy atom. The molecular weight excluding hydrogens is 331 g/mol. The number of ether oxygens (including phenoxy) is 2. The third-order valence-corrected chi connectivity index (χ3v) is 3.99. The van der Waals surface area contributed by atoms with Gasteiger partial charge in [0.1, 0.15) is 17.8 Å². The van der Waals surface area contributed by atoms with E-state index in [9.17, 15) is 4.79 Å². The Kier molecular flexibility index (Phi) is 4.20. The molecule has 0 radical (unpaired) electrons. The van der Waals surface area contributed by atoms with Crippen molar-refractivity contribution in [3.05, 3.63) is 16.8 Å². The van der Waals surface area contributed by atoms with Crippen LogP contribution in [0.25, 0.3) is 11.2 Å². The number of aromatic nitrogens is 4. The zero-order valence-corrected chi connectivity index (χ0v) is 13.5. The number of nitrogens with zero attached hydrogens (tertiary/aromatic N) is 4. The van der Waals surface area contributed by atoms with Crippen molar-refractivity contribution in [1.82, 2.24) is 19.5 Å². The van der Waals surface area contributed by atoms with Crippen molar-refractivity contribution in [3.63, 3.8) is 0 Å². The molecule has 0 N–H and O–H groups in total. The van der Waals surface area contributed by atoms with Gasteiger partial charge in [-0.3, -0.25) is 9.36 Å². The van der Waals surface area contributed by atoms with Crippen molar-refractivity contribution in [2.75, 3.05) is 0 Å². The lowest BCUT2D eigenvalue weighted by Gasteiger charge is -2.15. The van der Waals surface area contributed by atoms with Gasteiger partial charge in [-0.25, -0.2) is 9.97 Å². The van der Waals surface area contributed by atoms with Crippen LogP contribution in [0.1, 0.15) is 32.9 Å². The zero-order chi connectivity index (χ0) is 15.9. The van der Waals surface area contributed by atoms with E-state index in [1.807, 2.05) is 6.92 Å². The van der Waals surface area contributed by atoms with Gasteiger partial charge in [0.05, 0.1) is 12.4 Å². The Balaban J connectivity index is 1.93.